The van der Waals surface area contributed by atoms with Crippen LogP contribution in [0.3, 0.4) is 0 Å². The van der Waals surface area contributed by atoms with Crippen LogP contribution in [0.2, 0.25) is 0 Å². The minimum atomic E-state index is -1.15. The number of imide groups is 1. The highest BCUT2D eigenvalue weighted by Gasteiger charge is 2.37. The molecule has 3 amide bonds. The Morgan fingerprint density at radius 2 is 1.68 bits per heavy atom. The summed E-state index contributed by atoms with van der Waals surface area (Å²) in [5, 5.41) is 16.6. The zero-order chi connectivity index (χ0) is 15.1. The Bertz CT molecular complexity index is 340. The maximum atomic E-state index is 11.7. The normalized spacial score (nSPS) is 12.6. The lowest BCUT2D eigenvalue weighted by Crippen LogP contribution is -2.59. The Balaban J connectivity index is 4.65. The van der Waals surface area contributed by atoms with Crippen molar-refractivity contribution in [2.75, 3.05) is 6.54 Å². The average molecular weight is 273 g/mol. The van der Waals surface area contributed by atoms with Crippen LogP contribution >= 0.6 is 0 Å². The van der Waals surface area contributed by atoms with Crippen molar-refractivity contribution < 1.29 is 19.5 Å². The fourth-order valence-electron chi connectivity index (χ4n) is 1.72. The molecule has 4 N–H and O–H groups in total. The van der Waals surface area contributed by atoms with Crippen molar-refractivity contribution >= 4 is 17.9 Å². The standard InChI is InChI=1S/C12H23N3O4/c1-5-12(6-2,10(17)18)15-8(4)9(16)14-11(19)13-7-3/h8,15H,5-7H2,1-4H3,(H,17,18)(H2,13,14,16,19). The van der Waals surface area contributed by atoms with Crippen molar-refractivity contribution in [3.63, 3.8) is 0 Å². The highest BCUT2D eigenvalue weighted by Crippen LogP contribution is 2.16. The molecule has 0 saturated carbocycles. The molecule has 0 bridgehead atoms. The second kappa shape index (κ2) is 7.73. The predicted octanol–water partition coefficient (Wildman–Crippen LogP) is 0.454. The van der Waals surface area contributed by atoms with Gasteiger partial charge in [-0.2, -0.15) is 0 Å². The summed E-state index contributed by atoms with van der Waals surface area (Å²) < 4.78 is 0. The number of rotatable bonds is 7. The number of carbonyl (C=O) groups excluding carboxylic acids is 2. The number of amides is 3. The van der Waals surface area contributed by atoms with Crippen molar-refractivity contribution in [1.82, 2.24) is 16.0 Å². The SMILES string of the molecule is CCNC(=O)NC(=O)C(C)NC(CC)(CC)C(=O)O. The van der Waals surface area contributed by atoms with E-state index in [-0.39, 0.29) is 0 Å². The van der Waals surface area contributed by atoms with Gasteiger partial charge in [-0.3, -0.25) is 20.2 Å². The molecule has 0 aliphatic carbocycles. The molecule has 0 aromatic rings. The van der Waals surface area contributed by atoms with Gasteiger partial charge >= 0.3 is 12.0 Å². The van der Waals surface area contributed by atoms with Crippen molar-refractivity contribution in [2.24, 2.45) is 0 Å². The molecule has 1 atom stereocenters. The van der Waals surface area contributed by atoms with Gasteiger partial charge in [-0.25, -0.2) is 4.79 Å². The summed E-state index contributed by atoms with van der Waals surface area (Å²) in [7, 11) is 0. The monoisotopic (exact) mass is 273 g/mol. The van der Waals surface area contributed by atoms with Gasteiger partial charge in [0, 0.05) is 6.54 Å². The van der Waals surface area contributed by atoms with E-state index >= 15 is 0 Å². The fraction of sp³-hybridized carbons (Fsp3) is 0.750. The van der Waals surface area contributed by atoms with Crippen LogP contribution in [0.4, 0.5) is 4.79 Å². The lowest BCUT2D eigenvalue weighted by molar-refractivity contribution is -0.146. The van der Waals surface area contributed by atoms with Gasteiger partial charge < -0.3 is 10.4 Å². The lowest BCUT2D eigenvalue weighted by atomic mass is 9.92. The molecule has 0 aromatic carbocycles. The smallest absolute Gasteiger partial charge is 0.323 e. The van der Waals surface area contributed by atoms with E-state index in [0.29, 0.717) is 19.4 Å². The molecule has 7 heteroatoms. The van der Waals surface area contributed by atoms with Crippen LogP contribution in [-0.2, 0) is 9.59 Å². The molecule has 0 aliphatic heterocycles. The third-order valence-electron chi connectivity index (χ3n) is 3.08. The van der Waals surface area contributed by atoms with E-state index in [1.807, 2.05) is 0 Å². The number of aliphatic carboxylic acids is 1. The molecule has 110 valence electrons. The van der Waals surface area contributed by atoms with Gasteiger partial charge in [0.15, 0.2) is 0 Å². The molecule has 0 radical (unpaired) electrons. The first-order valence-corrected chi connectivity index (χ1v) is 6.42. The van der Waals surface area contributed by atoms with E-state index in [0.717, 1.165) is 0 Å². The zero-order valence-corrected chi connectivity index (χ0v) is 11.9. The van der Waals surface area contributed by atoms with E-state index < -0.39 is 29.5 Å². The van der Waals surface area contributed by atoms with Gasteiger partial charge in [-0.05, 0) is 26.7 Å². The zero-order valence-electron chi connectivity index (χ0n) is 11.9. The number of urea groups is 1. The number of carboxylic acid groups (broad SMARTS) is 1. The summed E-state index contributed by atoms with van der Waals surface area (Å²) in [5.41, 5.74) is -1.15. The van der Waals surface area contributed by atoms with E-state index in [2.05, 4.69) is 16.0 Å². The van der Waals surface area contributed by atoms with Crippen LogP contribution in [0.15, 0.2) is 0 Å². The molecule has 0 aliphatic rings. The largest absolute Gasteiger partial charge is 0.480 e. The minimum absolute atomic E-state index is 0.345. The Labute approximate surface area is 113 Å². The van der Waals surface area contributed by atoms with Crippen LogP contribution in [0.25, 0.3) is 0 Å². The third kappa shape index (κ3) is 4.86. The molecule has 0 heterocycles. The number of carbonyl (C=O) groups is 3. The van der Waals surface area contributed by atoms with Crippen molar-refractivity contribution in [3.8, 4) is 0 Å². The molecule has 0 saturated heterocycles. The molecule has 1 unspecified atom stereocenters. The second-order valence-electron chi connectivity index (χ2n) is 4.31. The Hall–Kier alpha value is -1.63. The first-order valence-electron chi connectivity index (χ1n) is 6.42. The highest BCUT2D eigenvalue weighted by molar-refractivity contribution is 5.97. The van der Waals surface area contributed by atoms with Crippen LogP contribution in [0, 0.1) is 0 Å². The molecule has 19 heavy (non-hydrogen) atoms. The molecular formula is C12H23N3O4. The topological polar surface area (TPSA) is 108 Å². The first-order chi connectivity index (χ1) is 8.82. The van der Waals surface area contributed by atoms with E-state index in [1.165, 1.54) is 6.92 Å². The van der Waals surface area contributed by atoms with Gasteiger partial charge in [-0.15, -0.1) is 0 Å². The fourth-order valence-corrected chi connectivity index (χ4v) is 1.72. The predicted molar refractivity (Wildman–Crippen MR) is 70.8 cm³/mol. The Morgan fingerprint density at radius 1 is 1.16 bits per heavy atom. The van der Waals surface area contributed by atoms with Crippen LogP contribution < -0.4 is 16.0 Å². The Morgan fingerprint density at radius 3 is 2.05 bits per heavy atom. The molecular weight excluding hydrogens is 250 g/mol. The Kier molecular flexibility index (Phi) is 7.06. The first kappa shape index (κ1) is 17.4. The molecule has 0 aromatic heterocycles. The number of hydrogen-bond donors (Lipinski definition) is 4. The van der Waals surface area contributed by atoms with Crippen molar-refractivity contribution in [3.05, 3.63) is 0 Å². The quantitative estimate of drug-likeness (QED) is 0.539. The molecule has 0 rings (SSSR count). The van der Waals surface area contributed by atoms with Crippen molar-refractivity contribution in [1.29, 1.82) is 0 Å². The summed E-state index contributed by atoms with van der Waals surface area (Å²) in [6.07, 6.45) is 0.690. The summed E-state index contributed by atoms with van der Waals surface area (Å²) in [6, 6.07) is -1.37. The van der Waals surface area contributed by atoms with E-state index in [1.54, 1.807) is 20.8 Å². The van der Waals surface area contributed by atoms with Gasteiger partial charge in [0.1, 0.15) is 5.54 Å². The molecule has 0 spiro atoms. The average Bonchev–Trinajstić information content (AvgIpc) is 2.35. The van der Waals surface area contributed by atoms with Gasteiger partial charge in [0.05, 0.1) is 6.04 Å². The number of nitrogens with one attached hydrogen (secondary N) is 3. The van der Waals surface area contributed by atoms with Crippen LogP contribution in [0.5, 0.6) is 0 Å². The van der Waals surface area contributed by atoms with E-state index in [4.69, 9.17) is 0 Å². The van der Waals surface area contributed by atoms with E-state index in [9.17, 15) is 19.5 Å². The maximum absolute atomic E-state index is 11.7. The summed E-state index contributed by atoms with van der Waals surface area (Å²) in [5.74, 6) is -1.56. The number of hydrogen-bond acceptors (Lipinski definition) is 4. The molecule has 0 fully saturated rings. The van der Waals surface area contributed by atoms with Gasteiger partial charge in [0.25, 0.3) is 0 Å². The molecule has 7 nitrogen and oxygen atoms in total. The lowest BCUT2D eigenvalue weighted by Gasteiger charge is -2.31. The number of carboxylic acids is 1. The van der Waals surface area contributed by atoms with Gasteiger partial charge in [-0.1, -0.05) is 13.8 Å². The maximum Gasteiger partial charge on any atom is 0.323 e. The third-order valence-corrected chi connectivity index (χ3v) is 3.08. The second-order valence-corrected chi connectivity index (χ2v) is 4.31. The highest BCUT2D eigenvalue weighted by atomic mass is 16.4. The summed E-state index contributed by atoms with van der Waals surface area (Å²) >= 11 is 0. The summed E-state index contributed by atoms with van der Waals surface area (Å²) in [6.45, 7) is 7.13. The summed E-state index contributed by atoms with van der Waals surface area (Å²) in [4.78, 5) is 34.2. The van der Waals surface area contributed by atoms with Crippen molar-refractivity contribution in [2.45, 2.75) is 52.1 Å². The van der Waals surface area contributed by atoms with Gasteiger partial charge in [0.2, 0.25) is 5.91 Å². The minimum Gasteiger partial charge on any atom is -0.480 e. The van der Waals surface area contributed by atoms with Crippen LogP contribution in [0.1, 0.15) is 40.5 Å². The van der Waals surface area contributed by atoms with Crippen LogP contribution in [-0.4, -0.2) is 41.1 Å².